The summed E-state index contributed by atoms with van der Waals surface area (Å²) in [4.78, 5) is 20.6. The van der Waals surface area contributed by atoms with Crippen molar-refractivity contribution in [3.63, 3.8) is 0 Å². The molecule has 0 radical (unpaired) electrons. The van der Waals surface area contributed by atoms with Gasteiger partial charge in [-0.3, -0.25) is 4.79 Å². The summed E-state index contributed by atoms with van der Waals surface area (Å²) in [6.45, 7) is 1.12. The molecule has 0 saturated carbocycles. The molecule has 3 aromatic rings. The van der Waals surface area contributed by atoms with Crippen molar-refractivity contribution < 1.29 is 9.53 Å². The molecule has 0 unspecified atom stereocenters. The SMILES string of the molecule is COc1ccc(CNc2cnc(C(=O)NCCc3ccc(Cl)cc3)cn2)cc1. The predicted molar refractivity (Wildman–Crippen MR) is 110 cm³/mol. The Morgan fingerprint density at radius 1 is 1.00 bits per heavy atom. The molecule has 1 aromatic heterocycles. The summed E-state index contributed by atoms with van der Waals surface area (Å²) in [6, 6.07) is 15.3. The Morgan fingerprint density at radius 3 is 2.36 bits per heavy atom. The second-order valence-electron chi connectivity index (χ2n) is 6.12. The van der Waals surface area contributed by atoms with E-state index < -0.39 is 0 Å². The van der Waals surface area contributed by atoms with Crippen LogP contribution in [0.25, 0.3) is 0 Å². The molecule has 3 rings (SSSR count). The number of aromatic nitrogens is 2. The van der Waals surface area contributed by atoms with Crippen molar-refractivity contribution in [2.45, 2.75) is 13.0 Å². The average molecular weight is 397 g/mol. The van der Waals surface area contributed by atoms with Crippen molar-refractivity contribution in [3.8, 4) is 5.75 Å². The van der Waals surface area contributed by atoms with Crippen molar-refractivity contribution in [1.29, 1.82) is 0 Å². The number of rotatable bonds is 8. The fraction of sp³-hybridized carbons (Fsp3) is 0.190. The summed E-state index contributed by atoms with van der Waals surface area (Å²) in [5.74, 6) is 1.17. The van der Waals surface area contributed by atoms with Crippen molar-refractivity contribution in [1.82, 2.24) is 15.3 Å². The third-order valence-electron chi connectivity index (χ3n) is 4.13. The fourth-order valence-electron chi connectivity index (χ4n) is 2.53. The number of amides is 1. The molecule has 0 spiro atoms. The Morgan fingerprint density at radius 2 is 1.71 bits per heavy atom. The molecule has 1 amide bonds. The molecular formula is C21H21ClN4O2. The van der Waals surface area contributed by atoms with Gasteiger partial charge in [-0.15, -0.1) is 0 Å². The Bertz CT molecular complexity index is 897. The van der Waals surface area contributed by atoms with Gasteiger partial charge in [0.25, 0.3) is 5.91 Å². The normalized spacial score (nSPS) is 10.4. The van der Waals surface area contributed by atoms with Crippen molar-refractivity contribution in [3.05, 3.63) is 82.8 Å². The lowest BCUT2D eigenvalue weighted by Crippen LogP contribution is -2.26. The zero-order chi connectivity index (χ0) is 19.8. The highest BCUT2D eigenvalue weighted by molar-refractivity contribution is 6.30. The number of hydrogen-bond donors (Lipinski definition) is 2. The zero-order valence-corrected chi connectivity index (χ0v) is 16.2. The van der Waals surface area contributed by atoms with Crippen LogP contribution in [0.15, 0.2) is 60.9 Å². The first-order valence-corrected chi connectivity index (χ1v) is 9.23. The Balaban J connectivity index is 1.46. The minimum atomic E-state index is -0.247. The standard InChI is InChI=1S/C21H21ClN4O2/c1-28-18-8-4-16(5-9-18)12-25-20-14-24-19(13-26-20)21(27)23-11-10-15-2-6-17(22)7-3-15/h2-9,13-14H,10-12H2,1H3,(H,23,27)(H,25,26). The molecule has 0 saturated heterocycles. The number of benzene rings is 2. The first kappa shape index (κ1) is 19.6. The smallest absolute Gasteiger partial charge is 0.271 e. The van der Waals surface area contributed by atoms with Crippen LogP contribution in [0.3, 0.4) is 0 Å². The van der Waals surface area contributed by atoms with Crippen LogP contribution in [0.2, 0.25) is 5.02 Å². The van der Waals surface area contributed by atoms with Gasteiger partial charge < -0.3 is 15.4 Å². The van der Waals surface area contributed by atoms with Crippen molar-refractivity contribution in [2.75, 3.05) is 19.0 Å². The summed E-state index contributed by atoms with van der Waals surface area (Å²) in [5, 5.41) is 6.72. The number of nitrogens with one attached hydrogen (secondary N) is 2. The second kappa shape index (κ2) is 9.71. The number of methoxy groups -OCH3 is 1. The quantitative estimate of drug-likeness (QED) is 0.606. The maximum absolute atomic E-state index is 12.2. The Kier molecular flexibility index (Phi) is 6.81. The number of anilines is 1. The second-order valence-corrected chi connectivity index (χ2v) is 6.56. The number of halogens is 1. The molecule has 0 aliphatic carbocycles. The lowest BCUT2D eigenvalue weighted by molar-refractivity contribution is 0.0949. The van der Waals surface area contributed by atoms with E-state index in [0.717, 1.165) is 23.3 Å². The molecule has 1 heterocycles. The summed E-state index contributed by atoms with van der Waals surface area (Å²) in [5.41, 5.74) is 2.48. The molecular weight excluding hydrogens is 376 g/mol. The van der Waals surface area contributed by atoms with E-state index in [9.17, 15) is 4.79 Å². The molecule has 2 aromatic carbocycles. The first-order chi connectivity index (χ1) is 13.6. The largest absolute Gasteiger partial charge is 0.497 e. The highest BCUT2D eigenvalue weighted by Gasteiger charge is 2.07. The van der Waals surface area contributed by atoms with E-state index in [1.54, 1.807) is 13.3 Å². The third kappa shape index (κ3) is 5.69. The zero-order valence-electron chi connectivity index (χ0n) is 15.5. The molecule has 0 atom stereocenters. The van der Waals surface area contributed by atoms with E-state index >= 15 is 0 Å². The van der Waals surface area contributed by atoms with Gasteiger partial charge in [-0.2, -0.15) is 0 Å². The summed E-state index contributed by atoms with van der Waals surface area (Å²) < 4.78 is 5.14. The minimum Gasteiger partial charge on any atom is -0.497 e. The number of carbonyl (C=O) groups excluding carboxylic acids is 1. The topological polar surface area (TPSA) is 76.1 Å². The van der Waals surface area contributed by atoms with Crippen LogP contribution in [0, 0.1) is 0 Å². The highest BCUT2D eigenvalue weighted by atomic mass is 35.5. The van der Waals surface area contributed by atoms with Crippen LogP contribution in [0.5, 0.6) is 5.75 Å². The Labute approximate surface area is 168 Å². The lowest BCUT2D eigenvalue weighted by atomic mass is 10.1. The first-order valence-electron chi connectivity index (χ1n) is 8.85. The predicted octanol–water partition coefficient (Wildman–Crippen LogP) is 3.72. The minimum absolute atomic E-state index is 0.247. The molecule has 0 aliphatic rings. The molecule has 0 fully saturated rings. The van der Waals surface area contributed by atoms with Gasteiger partial charge in [0.15, 0.2) is 0 Å². The molecule has 144 valence electrons. The van der Waals surface area contributed by atoms with Crippen LogP contribution in [0.4, 0.5) is 5.82 Å². The van der Waals surface area contributed by atoms with Gasteiger partial charge in [0.1, 0.15) is 17.3 Å². The van der Waals surface area contributed by atoms with Gasteiger partial charge in [-0.25, -0.2) is 9.97 Å². The molecule has 28 heavy (non-hydrogen) atoms. The maximum atomic E-state index is 12.2. The van der Waals surface area contributed by atoms with E-state index in [4.69, 9.17) is 16.3 Å². The number of ether oxygens (including phenoxy) is 1. The maximum Gasteiger partial charge on any atom is 0.271 e. The van der Waals surface area contributed by atoms with Crippen LogP contribution in [-0.2, 0) is 13.0 Å². The summed E-state index contributed by atoms with van der Waals surface area (Å²) in [6.07, 6.45) is 3.74. The summed E-state index contributed by atoms with van der Waals surface area (Å²) in [7, 11) is 1.64. The monoisotopic (exact) mass is 396 g/mol. The van der Waals surface area contributed by atoms with Crippen LogP contribution < -0.4 is 15.4 Å². The average Bonchev–Trinajstić information content (AvgIpc) is 2.74. The van der Waals surface area contributed by atoms with Gasteiger partial charge in [0.2, 0.25) is 0 Å². The van der Waals surface area contributed by atoms with E-state index in [1.165, 1.54) is 6.20 Å². The van der Waals surface area contributed by atoms with E-state index in [2.05, 4.69) is 20.6 Å². The lowest BCUT2D eigenvalue weighted by Gasteiger charge is -2.08. The molecule has 0 bridgehead atoms. The van der Waals surface area contributed by atoms with Gasteiger partial charge in [-0.05, 0) is 41.8 Å². The number of nitrogens with zero attached hydrogens (tertiary/aromatic N) is 2. The molecule has 7 heteroatoms. The van der Waals surface area contributed by atoms with Gasteiger partial charge in [0, 0.05) is 18.1 Å². The van der Waals surface area contributed by atoms with Gasteiger partial charge in [0.05, 0.1) is 19.5 Å². The van der Waals surface area contributed by atoms with Gasteiger partial charge >= 0.3 is 0 Å². The van der Waals surface area contributed by atoms with E-state index in [1.807, 2.05) is 48.5 Å². The van der Waals surface area contributed by atoms with E-state index in [-0.39, 0.29) is 11.6 Å². The number of hydrogen-bond acceptors (Lipinski definition) is 5. The van der Waals surface area contributed by atoms with Gasteiger partial charge in [-0.1, -0.05) is 35.9 Å². The number of carbonyl (C=O) groups is 1. The van der Waals surface area contributed by atoms with Crippen LogP contribution >= 0.6 is 11.6 Å². The summed E-state index contributed by atoms with van der Waals surface area (Å²) >= 11 is 5.86. The molecule has 0 aliphatic heterocycles. The third-order valence-corrected chi connectivity index (χ3v) is 4.38. The van der Waals surface area contributed by atoms with E-state index in [0.29, 0.717) is 23.9 Å². The fourth-order valence-corrected chi connectivity index (χ4v) is 2.66. The van der Waals surface area contributed by atoms with Crippen molar-refractivity contribution in [2.24, 2.45) is 0 Å². The Hall–Kier alpha value is -3.12. The highest BCUT2D eigenvalue weighted by Crippen LogP contribution is 2.13. The van der Waals surface area contributed by atoms with Crippen LogP contribution in [0.1, 0.15) is 21.6 Å². The molecule has 6 nitrogen and oxygen atoms in total. The van der Waals surface area contributed by atoms with Crippen LogP contribution in [-0.4, -0.2) is 29.5 Å². The van der Waals surface area contributed by atoms with Crippen molar-refractivity contribution >= 4 is 23.3 Å². The molecule has 2 N–H and O–H groups in total.